The lowest BCUT2D eigenvalue weighted by molar-refractivity contribution is -0.946. The van der Waals surface area contributed by atoms with Crippen molar-refractivity contribution in [2.24, 2.45) is 11.8 Å². The molecule has 2 bridgehead atoms. The number of nitrogens with one attached hydrogen (secondary N) is 1. The molecule has 8 nitrogen and oxygen atoms in total. The fraction of sp³-hybridized carbons (Fsp3) is 0.537. The van der Waals surface area contributed by atoms with Gasteiger partial charge < -0.3 is 35.0 Å². The van der Waals surface area contributed by atoms with E-state index in [0.717, 1.165) is 78.6 Å². The fourth-order valence-electron chi connectivity index (χ4n) is 8.66. The van der Waals surface area contributed by atoms with Crippen LogP contribution in [0.2, 0.25) is 0 Å². The van der Waals surface area contributed by atoms with E-state index in [2.05, 4.69) is 24.4 Å². The second kappa shape index (κ2) is 15.8. The summed E-state index contributed by atoms with van der Waals surface area (Å²) in [5.74, 6) is 1.05. The summed E-state index contributed by atoms with van der Waals surface area (Å²) in [6, 6.07) is 21.1. The van der Waals surface area contributed by atoms with Crippen molar-refractivity contribution < 1.29 is 34.4 Å². The van der Waals surface area contributed by atoms with Crippen LogP contribution >= 0.6 is 0 Å². The number of aromatic hydroxyl groups is 1. The number of piperidine rings is 3. The molecule has 7 rings (SSSR count). The summed E-state index contributed by atoms with van der Waals surface area (Å²) >= 11 is 0. The first-order chi connectivity index (χ1) is 23.7. The van der Waals surface area contributed by atoms with E-state index in [-0.39, 0.29) is 30.2 Å². The molecule has 0 amide bonds. The van der Waals surface area contributed by atoms with Gasteiger partial charge in [0.15, 0.2) is 0 Å². The van der Waals surface area contributed by atoms with Crippen LogP contribution in [-0.2, 0) is 34.7 Å². The van der Waals surface area contributed by atoms with Gasteiger partial charge in [0, 0.05) is 43.8 Å². The number of Topliss-reactive ketones (excluding diaryl/α,β-unsaturated/α-hetero) is 1. The molecule has 3 aliphatic heterocycles. The third-order valence-electron chi connectivity index (χ3n) is 11.8. The number of hydrogen-bond acceptors (Lipinski definition) is 7. The lowest BCUT2D eigenvalue weighted by Crippen LogP contribution is -2.65. The first kappa shape index (κ1) is 35.7. The normalized spacial score (nSPS) is 24.2. The molecule has 0 aromatic heterocycles. The number of aryl methyl sites for hydroxylation is 1. The number of quaternary nitrogens is 1. The molecule has 4 aliphatic rings. The molecule has 4 fully saturated rings. The van der Waals surface area contributed by atoms with Gasteiger partial charge in [-0.2, -0.15) is 0 Å². The molecule has 1 saturated carbocycles. The highest BCUT2D eigenvalue weighted by Crippen LogP contribution is 2.42. The minimum atomic E-state index is -0.950. The molecule has 49 heavy (non-hydrogen) atoms. The number of carbonyl (C=O) groups excluding carboxylic acids is 1. The first-order valence-electron chi connectivity index (χ1n) is 18.3. The minimum absolute atomic E-state index is 0.0160. The summed E-state index contributed by atoms with van der Waals surface area (Å²) in [5.41, 5.74) is 4.27. The van der Waals surface area contributed by atoms with Crippen LogP contribution in [0.5, 0.6) is 5.75 Å². The lowest BCUT2D eigenvalue weighted by atomic mass is 9.80. The Balaban J connectivity index is 0.981. The van der Waals surface area contributed by atoms with Gasteiger partial charge in [0.1, 0.15) is 29.8 Å². The van der Waals surface area contributed by atoms with E-state index in [0.29, 0.717) is 49.6 Å². The van der Waals surface area contributed by atoms with Crippen molar-refractivity contribution in [3.05, 3.63) is 100 Å². The molecular formula is C41H55N2O6+. The van der Waals surface area contributed by atoms with Gasteiger partial charge >= 0.3 is 0 Å². The fourth-order valence-corrected chi connectivity index (χ4v) is 8.66. The summed E-state index contributed by atoms with van der Waals surface area (Å²) in [7, 11) is 0. The number of ketones is 1. The Morgan fingerprint density at radius 1 is 1.00 bits per heavy atom. The Morgan fingerprint density at radius 3 is 2.47 bits per heavy atom. The van der Waals surface area contributed by atoms with Crippen molar-refractivity contribution in [2.45, 2.75) is 89.3 Å². The number of carbonyl (C=O) groups is 1. The van der Waals surface area contributed by atoms with Gasteiger partial charge in [-0.05, 0) is 65.6 Å². The molecule has 5 N–H and O–H groups in total. The van der Waals surface area contributed by atoms with Crippen LogP contribution < -0.4 is 5.32 Å². The van der Waals surface area contributed by atoms with Gasteiger partial charge in [-0.3, -0.25) is 4.79 Å². The van der Waals surface area contributed by atoms with Crippen LogP contribution in [0.25, 0.3) is 0 Å². The summed E-state index contributed by atoms with van der Waals surface area (Å²) < 4.78 is 7.64. The zero-order chi connectivity index (χ0) is 34.4. The Bertz CT molecular complexity index is 1550. The predicted molar refractivity (Wildman–Crippen MR) is 190 cm³/mol. The van der Waals surface area contributed by atoms with Crippen molar-refractivity contribution in [1.29, 1.82) is 0 Å². The Labute approximate surface area is 291 Å². The van der Waals surface area contributed by atoms with Crippen LogP contribution in [0.15, 0.2) is 66.7 Å². The summed E-state index contributed by atoms with van der Waals surface area (Å²) in [4.78, 5) is 13.3. The van der Waals surface area contributed by atoms with E-state index < -0.39 is 11.7 Å². The van der Waals surface area contributed by atoms with Gasteiger partial charge in [0.25, 0.3) is 0 Å². The summed E-state index contributed by atoms with van der Waals surface area (Å²) in [6.45, 7) is 7.00. The van der Waals surface area contributed by atoms with Gasteiger partial charge in [-0.1, -0.05) is 67.4 Å². The zero-order valence-electron chi connectivity index (χ0n) is 29.0. The number of rotatable bonds is 16. The number of hydrogen-bond donors (Lipinski definition) is 5. The maximum atomic E-state index is 13.3. The first-order valence-corrected chi connectivity index (χ1v) is 18.3. The highest BCUT2D eigenvalue weighted by Gasteiger charge is 2.48. The summed E-state index contributed by atoms with van der Waals surface area (Å²) in [6.07, 6.45) is 7.02. The number of benzene rings is 3. The molecule has 0 spiro atoms. The maximum absolute atomic E-state index is 13.3. The summed E-state index contributed by atoms with van der Waals surface area (Å²) in [5, 5.41) is 45.0. The molecule has 1 aliphatic carbocycles. The van der Waals surface area contributed by atoms with Crippen molar-refractivity contribution in [2.75, 3.05) is 39.3 Å². The van der Waals surface area contributed by atoms with Gasteiger partial charge in [0.2, 0.25) is 0 Å². The predicted octanol–water partition coefficient (Wildman–Crippen LogP) is 5.22. The quantitative estimate of drug-likeness (QED) is 0.133. The highest BCUT2D eigenvalue weighted by molar-refractivity contribution is 5.81. The monoisotopic (exact) mass is 671 g/mol. The molecule has 3 heterocycles. The number of phenols is 1. The SMILES string of the molecule is Cc1cc(CNC[C@H](O)c2ccc(O)c(CO)c2)ccc1CC(=O)CC[N+]12CCC(CC1)[C@@H](OC[C@@](O)(c1ccccc1)C1CCCC1)C2. The topological polar surface area (TPSA) is 119 Å². The molecule has 3 saturated heterocycles. The second-order valence-corrected chi connectivity index (χ2v) is 15.1. The lowest BCUT2D eigenvalue weighted by Gasteiger charge is -2.53. The maximum Gasteiger partial charge on any atom is 0.142 e. The Hall–Kier alpha value is -3.11. The van der Waals surface area contributed by atoms with Crippen LogP contribution in [0.4, 0.5) is 0 Å². The molecule has 3 aromatic carbocycles. The van der Waals surface area contributed by atoms with Crippen LogP contribution in [0.1, 0.15) is 84.4 Å². The molecule has 3 aromatic rings. The number of nitrogens with zero attached hydrogens (tertiary/aromatic N) is 1. The second-order valence-electron chi connectivity index (χ2n) is 15.1. The van der Waals surface area contributed by atoms with Crippen LogP contribution in [0.3, 0.4) is 0 Å². The third kappa shape index (κ3) is 8.44. The Kier molecular flexibility index (Phi) is 11.5. The third-order valence-corrected chi connectivity index (χ3v) is 11.8. The van der Waals surface area contributed by atoms with E-state index >= 15 is 0 Å². The molecular weight excluding hydrogens is 616 g/mol. The van der Waals surface area contributed by atoms with Crippen LogP contribution in [-0.4, -0.2) is 76.1 Å². The molecule has 0 unspecified atom stereocenters. The molecule has 0 radical (unpaired) electrons. The van der Waals surface area contributed by atoms with E-state index in [4.69, 9.17) is 4.74 Å². The van der Waals surface area contributed by atoms with E-state index in [1.807, 2.05) is 36.4 Å². The van der Waals surface area contributed by atoms with Crippen molar-refractivity contribution in [3.8, 4) is 5.75 Å². The van der Waals surface area contributed by atoms with E-state index in [9.17, 15) is 25.2 Å². The molecule has 3 atom stereocenters. The minimum Gasteiger partial charge on any atom is -0.508 e. The Morgan fingerprint density at radius 2 is 1.76 bits per heavy atom. The smallest absolute Gasteiger partial charge is 0.142 e. The molecule has 8 heteroatoms. The standard InChI is InChI=1S/C41H54N2O6/c1-29-21-30(24-42-25-39(47)33-13-14-38(46)34(22-33)27-44)11-12-32(29)23-37(45)17-20-43-18-15-31(16-19-43)40(26-43)49-28-41(48,36-9-5-6-10-36)35-7-3-2-4-8-35/h2-4,7-8,11-14,21-22,31,36,39-40,42,44,47-48H,5-6,9-10,15-20,23-28H2,1H3/p+1/t31?,39-,40-,41+,43?/m0/s1. The number of aliphatic hydroxyl groups excluding tert-OH is 2. The van der Waals surface area contributed by atoms with Gasteiger partial charge in [0.05, 0.1) is 45.4 Å². The van der Waals surface area contributed by atoms with Crippen LogP contribution in [0, 0.1) is 18.8 Å². The number of fused-ring (bicyclic) bond motifs is 3. The average molecular weight is 672 g/mol. The highest BCUT2D eigenvalue weighted by atomic mass is 16.5. The largest absolute Gasteiger partial charge is 0.508 e. The van der Waals surface area contributed by atoms with E-state index in [1.54, 1.807) is 12.1 Å². The number of aliphatic hydroxyl groups is 3. The van der Waals surface area contributed by atoms with Crippen molar-refractivity contribution in [3.63, 3.8) is 0 Å². The van der Waals surface area contributed by atoms with Gasteiger partial charge in [-0.25, -0.2) is 0 Å². The molecule has 264 valence electrons. The number of ether oxygens (including phenoxy) is 1. The van der Waals surface area contributed by atoms with Crippen molar-refractivity contribution >= 4 is 5.78 Å². The van der Waals surface area contributed by atoms with E-state index in [1.165, 1.54) is 18.9 Å². The van der Waals surface area contributed by atoms with Gasteiger partial charge in [-0.15, -0.1) is 0 Å². The average Bonchev–Trinajstić information content (AvgIpc) is 3.68. The van der Waals surface area contributed by atoms with Crippen molar-refractivity contribution in [1.82, 2.24) is 5.32 Å². The zero-order valence-corrected chi connectivity index (χ0v) is 29.0.